The van der Waals surface area contributed by atoms with Crippen molar-refractivity contribution in [1.29, 1.82) is 0 Å². The lowest BCUT2D eigenvalue weighted by Crippen LogP contribution is -2.11. The molecule has 2 rings (SSSR count). The molecule has 118 valence electrons. The van der Waals surface area contributed by atoms with Gasteiger partial charge in [0.15, 0.2) is 0 Å². The molecule has 0 bridgehead atoms. The van der Waals surface area contributed by atoms with Crippen LogP contribution in [0.2, 0.25) is 0 Å². The van der Waals surface area contributed by atoms with Crippen molar-refractivity contribution in [2.45, 2.75) is 58.3 Å². The molecule has 0 radical (unpaired) electrons. The number of hydrogen-bond donors (Lipinski definition) is 2. The van der Waals surface area contributed by atoms with E-state index in [1.54, 1.807) is 0 Å². The molecule has 0 amide bonds. The average Bonchev–Trinajstić information content (AvgIpc) is 3.09. The fraction of sp³-hybridized carbons (Fsp3) is 0.647. The van der Waals surface area contributed by atoms with Crippen LogP contribution in [0.5, 0.6) is 0 Å². The van der Waals surface area contributed by atoms with E-state index >= 15 is 0 Å². The molecule has 0 aliphatic heterocycles. The number of allylic oxidation sites excluding steroid dienone is 1. The minimum Gasteiger partial charge on any atom is -0.478 e. The van der Waals surface area contributed by atoms with Gasteiger partial charge in [-0.2, -0.15) is 0 Å². The minimum atomic E-state index is -0.935. The van der Waals surface area contributed by atoms with Gasteiger partial charge in [-0.15, -0.1) is 0 Å². The highest BCUT2D eigenvalue weighted by molar-refractivity contribution is 5.87. The Bertz CT molecular complexity index is 399. The molecule has 4 nitrogen and oxygen atoms in total. The molecule has 4 heteroatoms. The highest BCUT2D eigenvalue weighted by Crippen LogP contribution is 2.34. The molecule has 0 aromatic rings. The lowest BCUT2D eigenvalue weighted by atomic mass is 9.93. The molecular formula is C17H26O4. The van der Waals surface area contributed by atoms with Crippen molar-refractivity contribution in [3.63, 3.8) is 0 Å². The van der Waals surface area contributed by atoms with E-state index in [4.69, 9.17) is 5.11 Å². The van der Waals surface area contributed by atoms with Gasteiger partial charge in [0, 0.05) is 11.1 Å². The summed E-state index contributed by atoms with van der Waals surface area (Å²) in [6.07, 6.45) is 11.6. The summed E-state index contributed by atoms with van der Waals surface area (Å²) in [4.78, 5) is 20.8. The predicted molar refractivity (Wildman–Crippen MR) is 82.1 cm³/mol. The van der Waals surface area contributed by atoms with Crippen molar-refractivity contribution in [3.05, 3.63) is 23.8 Å². The van der Waals surface area contributed by atoms with E-state index in [9.17, 15) is 14.7 Å². The Labute approximate surface area is 126 Å². The van der Waals surface area contributed by atoms with Gasteiger partial charge in [-0.1, -0.05) is 38.3 Å². The SMILES string of the molecule is C=C(C)C(=O)O.O=C(O)C(=CC1CCCC1)C1CCCC1. The van der Waals surface area contributed by atoms with Crippen molar-refractivity contribution < 1.29 is 19.8 Å². The van der Waals surface area contributed by atoms with E-state index in [0.717, 1.165) is 18.4 Å². The maximum atomic E-state index is 11.2. The number of carbonyl (C=O) groups is 2. The molecule has 2 saturated carbocycles. The van der Waals surface area contributed by atoms with Gasteiger partial charge < -0.3 is 10.2 Å². The van der Waals surface area contributed by atoms with Gasteiger partial charge >= 0.3 is 11.9 Å². The quantitative estimate of drug-likeness (QED) is 0.768. The normalized spacial score (nSPS) is 20.0. The minimum absolute atomic E-state index is 0.176. The number of carboxylic acid groups (broad SMARTS) is 2. The van der Waals surface area contributed by atoms with Crippen molar-refractivity contribution >= 4 is 11.9 Å². The molecule has 0 aromatic carbocycles. The Balaban J connectivity index is 0.000000315. The zero-order valence-electron chi connectivity index (χ0n) is 12.8. The van der Waals surface area contributed by atoms with Gasteiger partial charge in [0.2, 0.25) is 0 Å². The van der Waals surface area contributed by atoms with Gasteiger partial charge in [-0.05, 0) is 44.4 Å². The Hall–Kier alpha value is -1.58. The van der Waals surface area contributed by atoms with E-state index in [0.29, 0.717) is 11.8 Å². The Morgan fingerprint density at radius 3 is 1.76 bits per heavy atom. The van der Waals surface area contributed by atoms with E-state index in [-0.39, 0.29) is 5.57 Å². The molecule has 0 aromatic heterocycles. The lowest BCUT2D eigenvalue weighted by molar-refractivity contribution is -0.134. The number of aliphatic carboxylic acids is 2. The van der Waals surface area contributed by atoms with Crippen LogP contribution in [0.1, 0.15) is 58.3 Å². The second-order valence-electron chi connectivity index (χ2n) is 6.04. The van der Waals surface area contributed by atoms with Crippen LogP contribution in [0, 0.1) is 11.8 Å². The third kappa shape index (κ3) is 6.15. The van der Waals surface area contributed by atoms with Crippen LogP contribution in [-0.4, -0.2) is 22.2 Å². The van der Waals surface area contributed by atoms with Crippen LogP contribution in [0.15, 0.2) is 23.8 Å². The first-order valence-corrected chi connectivity index (χ1v) is 7.75. The summed E-state index contributed by atoms with van der Waals surface area (Å²) >= 11 is 0. The van der Waals surface area contributed by atoms with Gasteiger partial charge in [-0.3, -0.25) is 0 Å². The standard InChI is InChI=1S/C13H20O2.C4H6O2/c14-13(15)12(11-7-3-4-8-11)9-10-5-1-2-6-10;1-3(2)4(5)6/h9-11H,1-8H2,(H,14,15);1H2,2H3,(H,5,6). The van der Waals surface area contributed by atoms with Crippen molar-refractivity contribution in [1.82, 2.24) is 0 Å². The monoisotopic (exact) mass is 294 g/mol. The second-order valence-corrected chi connectivity index (χ2v) is 6.04. The lowest BCUT2D eigenvalue weighted by Gasteiger charge is -2.12. The second kappa shape index (κ2) is 8.65. The predicted octanol–water partition coefficient (Wildman–Crippen LogP) is 4.02. The van der Waals surface area contributed by atoms with Crippen LogP contribution in [0.4, 0.5) is 0 Å². The van der Waals surface area contributed by atoms with Crippen LogP contribution in [0.3, 0.4) is 0 Å². The Morgan fingerprint density at radius 2 is 1.38 bits per heavy atom. The highest BCUT2D eigenvalue weighted by atomic mass is 16.4. The van der Waals surface area contributed by atoms with Gasteiger partial charge in [0.05, 0.1) is 0 Å². The zero-order chi connectivity index (χ0) is 15.8. The van der Waals surface area contributed by atoms with Crippen LogP contribution >= 0.6 is 0 Å². The highest BCUT2D eigenvalue weighted by Gasteiger charge is 2.25. The first kappa shape index (κ1) is 17.5. The van der Waals surface area contributed by atoms with E-state index < -0.39 is 11.9 Å². The average molecular weight is 294 g/mol. The zero-order valence-corrected chi connectivity index (χ0v) is 12.8. The number of rotatable bonds is 4. The summed E-state index contributed by atoms with van der Waals surface area (Å²) in [5.41, 5.74) is 0.898. The summed E-state index contributed by atoms with van der Waals surface area (Å²) in [5, 5.41) is 17.1. The Kier molecular flexibility index (Phi) is 7.20. The third-order valence-corrected chi connectivity index (χ3v) is 4.22. The molecule has 0 saturated heterocycles. The van der Waals surface area contributed by atoms with Crippen LogP contribution in [-0.2, 0) is 9.59 Å². The summed E-state index contributed by atoms with van der Waals surface area (Å²) in [7, 11) is 0. The molecular weight excluding hydrogens is 268 g/mol. The van der Waals surface area contributed by atoms with E-state index in [1.165, 1.54) is 45.4 Å². The first-order chi connectivity index (χ1) is 9.91. The number of hydrogen-bond acceptors (Lipinski definition) is 2. The van der Waals surface area contributed by atoms with Gasteiger partial charge in [-0.25, -0.2) is 9.59 Å². The van der Waals surface area contributed by atoms with Gasteiger partial charge in [0.25, 0.3) is 0 Å². The molecule has 2 fully saturated rings. The van der Waals surface area contributed by atoms with Crippen LogP contribution < -0.4 is 0 Å². The molecule has 21 heavy (non-hydrogen) atoms. The maximum Gasteiger partial charge on any atom is 0.331 e. The van der Waals surface area contributed by atoms with Crippen molar-refractivity contribution in [3.8, 4) is 0 Å². The molecule has 2 N–H and O–H groups in total. The summed E-state index contributed by atoms with van der Waals surface area (Å²) in [6.45, 7) is 4.60. The molecule has 0 atom stereocenters. The fourth-order valence-electron chi connectivity index (χ4n) is 3.00. The summed E-state index contributed by atoms with van der Waals surface area (Å²) in [6, 6.07) is 0. The molecule has 2 aliphatic carbocycles. The topological polar surface area (TPSA) is 74.6 Å². The molecule has 0 heterocycles. The molecule has 0 spiro atoms. The fourth-order valence-corrected chi connectivity index (χ4v) is 3.00. The third-order valence-electron chi connectivity index (χ3n) is 4.22. The summed E-state index contributed by atoms with van der Waals surface area (Å²) in [5.74, 6) is -0.705. The van der Waals surface area contributed by atoms with Crippen LogP contribution in [0.25, 0.3) is 0 Å². The maximum absolute atomic E-state index is 11.2. The molecule has 0 unspecified atom stereocenters. The van der Waals surface area contributed by atoms with Crippen molar-refractivity contribution in [2.75, 3.05) is 0 Å². The summed E-state index contributed by atoms with van der Waals surface area (Å²) < 4.78 is 0. The molecule has 2 aliphatic rings. The van der Waals surface area contributed by atoms with E-state index in [2.05, 4.69) is 12.7 Å². The van der Waals surface area contributed by atoms with Crippen molar-refractivity contribution in [2.24, 2.45) is 11.8 Å². The number of carboxylic acids is 2. The van der Waals surface area contributed by atoms with E-state index in [1.807, 2.05) is 0 Å². The van der Waals surface area contributed by atoms with Gasteiger partial charge in [0.1, 0.15) is 0 Å². The largest absolute Gasteiger partial charge is 0.478 e. The smallest absolute Gasteiger partial charge is 0.331 e. The first-order valence-electron chi connectivity index (χ1n) is 7.75. The Morgan fingerprint density at radius 1 is 0.952 bits per heavy atom.